The van der Waals surface area contributed by atoms with E-state index in [0.29, 0.717) is 5.65 Å². The molecule has 1 saturated heterocycles. The van der Waals surface area contributed by atoms with Gasteiger partial charge in [-0.15, -0.1) is 0 Å². The van der Waals surface area contributed by atoms with Crippen molar-refractivity contribution in [2.45, 2.75) is 18.8 Å². The lowest BCUT2D eigenvalue weighted by Gasteiger charge is -2.33. The fraction of sp³-hybridized carbons (Fsp3) is 0.385. The second-order valence-corrected chi connectivity index (χ2v) is 4.90. The third kappa shape index (κ3) is 2.19. The summed E-state index contributed by atoms with van der Waals surface area (Å²) >= 11 is 0. The first-order valence-corrected chi connectivity index (χ1v) is 6.29. The number of anilines is 1. The number of hydrogen-bond acceptors (Lipinski definition) is 3. The topological polar surface area (TPSA) is 57.8 Å². The molecule has 0 amide bonds. The van der Waals surface area contributed by atoms with E-state index in [4.69, 9.17) is 5.11 Å². The van der Waals surface area contributed by atoms with E-state index in [-0.39, 0.29) is 31.6 Å². The molecule has 0 atom stereocenters. The van der Waals surface area contributed by atoms with E-state index in [1.807, 2.05) is 4.90 Å². The minimum atomic E-state index is -2.58. The maximum Gasteiger partial charge on any atom is 0.354 e. The van der Waals surface area contributed by atoms with Crippen molar-refractivity contribution in [2.24, 2.45) is 0 Å². The average molecular weight is 281 g/mol. The van der Waals surface area contributed by atoms with Gasteiger partial charge in [0.2, 0.25) is 0 Å². The first-order chi connectivity index (χ1) is 9.46. The zero-order chi connectivity index (χ0) is 14.3. The molecule has 2 aromatic rings. The molecule has 3 rings (SSSR count). The van der Waals surface area contributed by atoms with Gasteiger partial charge in [0.15, 0.2) is 5.69 Å². The number of carbonyl (C=O) groups is 1. The molecule has 0 spiro atoms. The predicted molar refractivity (Wildman–Crippen MR) is 68.5 cm³/mol. The maximum absolute atomic E-state index is 13.1. The minimum absolute atomic E-state index is 0.0803. The summed E-state index contributed by atoms with van der Waals surface area (Å²) in [4.78, 5) is 16.9. The summed E-state index contributed by atoms with van der Waals surface area (Å²) in [5.41, 5.74) is 1.37. The van der Waals surface area contributed by atoms with Crippen LogP contribution in [-0.4, -0.2) is 39.5 Å². The average Bonchev–Trinajstić information content (AvgIpc) is 2.81. The van der Waals surface area contributed by atoms with Crippen LogP contribution in [0.25, 0.3) is 5.65 Å². The summed E-state index contributed by atoms with van der Waals surface area (Å²) in [6.45, 7) is 0.575. The first kappa shape index (κ1) is 12.8. The third-order valence-corrected chi connectivity index (χ3v) is 3.58. The molecule has 20 heavy (non-hydrogen) atoms. The lowest BCUT2D eigenvalue weighted by molar-refractivity contribution is -0.0220. The van der Waals surface area contributed by atoms with Gasteiger partial charge in [-0.25, -0.2) is 18.6 Å². The molecule has 0 radical (unpaired) electrons. The molecule has 0 saturated carbocycles. The molecule has 1 aliphatic rings. The van der Waals surface area contributed by atoms with Crippen molar-refractivity contribution < 1.29 is 18.7 Å². The predicted octanol–water partition coefficient (Wildman–Crippen LogP) is 2.27. The number of pyridine rings is 1. The molecule has 3 heterocycles. The highest BCUT2D eigenvalue weighted by Gasteiger charge is 2.34. The lowest BCUT2D eigenvalue weighted by Crippen LogP contribution is -2.39. The Bertz CT molecular complexity index is 659. The Hall–Kier alpha value is -2.18. The highest BCUT2D eigenvalue weighted by molar-refractivity contribution is 5.86. The Balaban J connectivity index is 1.89. The number of piperidine rings is 1. The number of halogens is 2. The summed E-state index contributed by atoms with van der Waals surface area (Å²) in [7, 11) is 0. The molecule has 0 bridgehead atoms. The number of carboxylic acid groups (broad SMARTS) is 1. The Kier molecular flexibility index (Phi) is 2.84. The van der Waals surface area contributed by atoms with Gasteiger partial charge in [0.1, 0.15) is 5.65 Å². The van der Waals surface area contributed by atoms with Gasteiger partial charge in [0.05, 0.1) is 6.20 Å². The molecule has 106 valence electrons. The van der Waals surface area contributed by atoms with Crippen molar-refractivity contribution in [3.8, 4) is 0 Å². The summed E-state index contributed by atoms with van der Waals surface area (Å²) in [6, 6.07) is 3.44. The Morgan fingerprint density at radius 3 is 2.70 bits per heavy atom. The molecule has 0 unspecified atom stereocenters. The highest BCUT2D eigenvalue weighted by Crippen LogP contribution is 2.30. The number of hydrogen-bond donors (Lipinski definition) is 1. The van der Waals surface area contributed by atoms with Crippen molar-refractivity contribution in [1.29, 1.82) is 0 Å². The number of rotatable bonds is 2. The van der Waals surface area contributed by atoms with Crippen LogP contribution in [0.1, 0.15) is 23.3 Å². The van der Waals surface area contributed by atoms with E-state index in [1.165, 1.54) is 10.6 Å². The van der Waals surface area contributed by atoms with E-state index < -0.39 is 11.9 Å². The van der Waals surface area contributed by atoms with E-state index in [0.717, 1.165) is 5.69 Å². The number of fused-ring (bicyclic) bond motifs is 1. The van der Waals surface area contributed by atoms with Gasteiger partial charge >= 0.3 is 5.97 Å². The number of alkyl halides is 2. The molecule has 1 N–H and O–H groups in total. The molecule has 2 aromatic heterocycles. The fourth-order valence-corrected chi connectivity index (χ4v) is 2.42. The van der Waals surface area contributed by atoms with E-state index in [2.05, 4.69) is 4.98 Å². The van der Waals surface area contributed by atoms with Crippen LogP contribution in [-0.2, 0) is 0 Å². The largest absolute Gasteiger partial charge is 0.477 e. The van der Waals surface area contributed by atoms with Crippen LogP contribution in [0.3, 0.4) is 0 Å². The van der Waals surface area contributed by atoms with Crippen LogP contribution in [0.5, 0.6) is 0 Å². The third-order valence-electron chi connectivity index (χ3n) is 3.58. The number of aromatic carboxylic acids is 1. The van der Waals surface area contributed by atoms with Crippen molar-refractivity contribution in [1.82, 2.24) is 9.38 Å². The minimum Gasteiger partial charge on any atom is -0.477 e. The molecule has 5 nitrogen and oxygen atoms in total. The van der Waals surface area contributed by atoms with Gasteiger partial charge in [-0.1, -0.05) is 0 Å². The van der Waals surface area contributed by atoms with Gasteiger partial charge in [-0.3, -0.25) is 4.40 Å². The molecule has 1 fully saturated rings. The molecular weight excluding hydrogens is 268 g/mol. The van der Waals surface area contributed by atoms with E-state index >= 15 is 0 Å². The van der Waals surface area contributed by atoms with Gasteiger partial charge in [-0.2, -0.15) is 0 Å². The summed E-state index contributed by atoms with van der Waals surface area (Å²) < 4.78 is 27.7. The number of aromatic nitrogens is 2. The fourth-order valence-electron chi connectivity index (χ4n) is 2.42. The molecule has 0 aliphatic carbocycles. The monoisotopic (exact) mass is 281 g/mol. The van der Waals surface area contributed by atoms with Crippen LogP contribution in [0, 0.1) is 0 Å². The summed E-state index contributed by atoms with van der Waals surface area (Å²) in [6.07, 6.45) is 2.57. The summed E-state index contributed by atoms with van der Waals surface area (Å²) in [5, 5.41) is 8.99. The van der Waals surface area contributed by atoms with Crippen LogP contribution in [0.15, 0.2) is 24.5 Å². The van der Waals surface area contributed by atoms with Gasteiger partial charge in [0, 0.05) is 43.9 Å². The lowest BCUT2D eigenvalue weighted by atomic mass is 10.1. The number of nitrogens with zero attached hydrogens (tertiary/aromatic N) is 3. The summed E-state index contributed by atoms with van der Waals surface area (Å²) in [5.74, 6) is -3.63. The molecular formula is C13H13F2N3O2. The van der Waals surface area contributed by atoms with Crippen LogP contribution < -0.4 is 4.90 Å². The van der Waals surface area contributed by atoms with Gasteiger partial charge in [-0.05, 0) is 6.07 Å². The van der Waals surface area contributed by atoms with Crippen LogP contribution in [0.4, 0.5) is 14.5 Å². The Morgan fingerprint density at radius 2 is 2.05 bits per heavy atom. The second-order valence-electron chi connectivity index (χ2n) is 4.90. The normalized spacial score (nSPS) is 18.4. The zero-order valence-electron chi connectivity index (χ0n) is 10.6. The Morgan fingerprint density at radius 1 is 1.35 bits per heavy atom. The Labute approximate surface area is 113 Å². The van der Waals surface area contributed by atoms with Crippen molar-refractivity contribution in [3.05, 3.63) is 30.2 Å². The SMILES string of the molecule is O=C(O)c1cnc2cc(N3CCC(F)(F)CC3)ccn12. The number of carboxylic acids is 1. The van der Waals surface area contributed by atoms with Gasteiger partial charge < -0.3 is 10.0 Å². The zero-order valence-corrected chi connectivity index (χ0v) is 10.6. The van der Waals surface area contributed by atoms with Crippen LogP contribution in [0.2, 0.25) is 0 Å². The quantitative estimate of drug-likeness (QED) is 0.917. The first-order valence-electron chi connectivity index (χ1n) is 6.29. The van der Waals surface area contributed by atoms with Crippen molar-refractivity contribution >= 4 is 17.3 Å². The molecule has 7 heteroatoms. The maximum atomic E-state index is 13.1. The van der Waals surface area contributed by atoms with E-state index in [9.17, 15) is 13.6 Å². The molecule has 0 aromatic carbocycles. The van der Waals surface area contributed by atoms with Crippen molar-refractivity contribution in [2.75, 3.05) is 18.0 Å². The second kappa shape index (κ2) is 4.43. The number of imidazole rings is 1. The molecule has 1 aliphatic heterocycles. The van der Waals surface area contributed by atoms with Crippen molar-refractivity contribution in [3.63, 3.8) is 0 Å². The van der Waals surface area contributed by atoms with E-state index in [1.54, 1.807) is 18.3 Å². The van der Waals surface area contributed by atoms with Crippen LogP contribution >= 0.6 is 0 Å². The van der Waals surface area contributed by atoms with Gasteiger partial charge in [0.25, 0.3) is 5.92 Å². The standard InChI is InChI=1S/C13H13F2N3O2/c14-13(15)2-5-17(6-3-13)9-1-4-18-10(12(19)20)8-16-11(18)7-9/h1,4,7-8H,2-3,5-6H2,(H,19,20). The highest BCUT2D eigenvalue weighted by atomic mass is 19.3. The smallest absolute Gasteiger partial charge is 0.354 e.